The molecule has 1 fully saturated rings. The summed E-state index contributed by atoms with van der Waals surface area (Å²) in [6.07, 6.45) is 2.61. The Morgan fingerprint density at radius 1 is 1.00 bits per heavy atom. The van der Waals surface area contributed by atoms with E-state index in [9.17, 15) is 0 Å². The van der Waals surface area contributed by atoms with Crippen LogP contribution in [0.5, 0.6) is 0 Å². The summed E-state index contributed by atoms with van der Waals surface area (Å²) in [6.45, 7) is 28.6. The Hall–Kier alpha value is -0.0894. The fraction of sp³-hybridized carbons (Fsp3) is 0.818. The van der Waals surface area contributed by atoms with Gasteiger partial charge in [-0.2, -0.15) is 0 Å². The van der Waals surface area contributed by atoms with Gasteiger partial charge < -0.3 is 4.43 Å². The van der Waals surface area contributed by atoms with E-state index in [1.54, 1.807) is 0 Å². The molecular weight excluding hydrogens is 364 g/mol. The standard InChI is InChI=1S/C22H44OSi3/c1-18(2)22(3,4)26(11,12)23-21-14-13-19(15-16-24(5,6)7)20(21)17-25(8,9)10/h17-19,21H,13-14H2,1-12H3/b20-17-/t19-,21+/m1/s1. The normalized spacial score (nSPS) is 24.1. The fourth-order valence-corrected chi connectivity index (χ4v) is 8.01. The maximum absolute atomic E-state index is 6.98. The van der Waals surface area contributed by atoms with Crippen molar-refractivity contribution >= 4 is 24.5 Å². The number of hydrogen-bond donors (Lipinski definition) is 0. The predicted molar refractivity (Wildman–Crippen MR) is 127 cm³/mol. The summed E-state index contributed by atoms with van der Waals surface area (Å²) in [5.74, 6) is 4.73. The molecular formula is C22H44OSi3. The summed E-state index contributed by atoms with van der Waals surface area (Å²) >= 11 is 0. The zero-order valence-electron chi connectivity index (χ0n) is 19.6. The summed E-state index contributed by atoms with van der Waals surface area (Å²) in [5, 5.41) is 0.263. The van der Waals surface area contributed by atoms with Crippen LogP contribution in [0, 0.1) is 23.3 Å². The summed E-state index contributed by atoms with van der Waals surface area (Å²) in [4.78, 5) is 0. The third kappa shape index (κ3) is 6.51. The van der Waals surface area contributed by atoms with E-state index in [0.717, 1.165) is 6.42 Å². The molecule has 0 N–H and O–H groups in total. The lowest BCUT2D eigenvalue weighted by Gasteiger charge is -2.44. The van der Waals surface area contributed by atoms with Crippen LogP contribution in [-0.2, 0) is 4.43 Å². The van der Waals surface area contributed by atoms with Crippen LogP contribution in [-0.4, -0.2) is 30.6 Å². The lowest BCUT2D eigenvalue weighted by atomic mass is 9.99. The van der Waals surface area contributed by atoms with Gasteiger partial charge in [-0.05, 0) is 42.5 Å². The van der Waals surface area contributed by atoms with Crippen molar-refractivity contribution in [1.29, 1.82) is 0 Å². The lowest BCUT2D eigenvalue weighted by molar-refractivity contribution is 0.207. The summed E-state index contributed by atoms with van der Waals surface area (Å²) < 4.78 is 6.98. The smallest absolute Gasteiger partial charge is 0.193 e. The van der Waals surface area contributed by atoms with Crippen molar-refractivity contribution in [3.05, 3.63) is 11.3 Å². The van der Waals surface area contributed by atoms with E-state index in [1.165, 1.54) is 12.0 Å². The average molecular weight is 409 g/mol. The van der Waals surface area contributed by atoms with Crippen LogP contribution >= 0.6 is 0 Å². The molecule has 1 saturated carbocycles. The molecule has 0 bridgehead atoms. The highest BCUT2D eigenvalue weighted by Crippen LogP contribution is 2.47. The van der Waals surface area contributed by atoms with Crippen molar-refractivity contribution < 1.29 is 4.43 Å². The Bertz CT molecular complexity index is 577. The van der Waals surface area contributed by atoms with E-state index in [1.807, 2.05) is 0 Å². The Labute approximate surface area is 167 Å². The zero-order valence-corrected chi connectivity index (χ0v) is 22.6. The van der Waals surface area contributed by atoms with Crippen molar-refractivity contribution in [1.82, 2.24) is 0 Å². The van der Waals surface area contributed by atoms with Gasteiger partial charge in [0.2, 0.25) is 0 Å². The molecule has 26 heavy (non-hydrogen) atoms. The molecule has 4 heteroatoms. The largest absolute Gasteiger partial charge is 0.410 e. The zero-order chi connectivity index (χ0) is 20.6. The lowest BCUT2D eigenvalue weighted by Crippen LogP contribution is -2.47. The molecule has 0 amide bonds. The summed E-state index contributed by atoms with van der Waals surface area (Å²) in [7, 11) is -4.47. The topological polar surface area (TPSA) is 9.23 Å². The Morgan fingerprint density at radius 2 is 1.54 bits per heavy atom. The third-order valence-electron chi connectivity index (χ3n) is 6.14. The first-order chi connectivity index (χ1) is 11.5. The van der Waals surface area contributed by atoms with Gasteiger partial charge in [-0.3, -0.25) is 0 Å². The van der Waals surface area contributed by atoms with E-state index in [2.05, 4.69) is 97.2 Å². The Kier molecular flexibility index (Phi) is 7.47. The molecule has 1 nitrogen and oxygen atoms in total. The van der Waals surface area contributed by atoms with Crippen LogP contribution < -0.4 is 0 Å². The van der Waals surface area contributed by atoms with Gasteiger partial charge in [-0.25, -0.2) is 0 Å². The third-order valence-corrected chi connectivity index (χ3v) is 12.8. The van der Waals surface area contributed by atoms with Gasteiger partial charge in [-0.1, -0.05) is 72.7 Å². The van der Waals surface area contributed by atoms with Gasteiger partial charge in [0.15, 0.2) is 8.32 Å². The first-order valence-corrected chi connectivity index (χ1v) is 20.4. The second kappa shape index (κ2) is 8.11. The van der Waals surface area contributed by atoms with E-state index in [0.29, 0.717) is 17.9 Å². The van der Waals surface area contributed by atoms with Crippen LogP contribution in [0.15, 0.2) is 11.3 Å². The average Bonchev–Trinajstić information content (AvgIpc) is 2.75. The molecule has 0 unspecified atom stereocenters. The van der Waals surface area contributed by atoms with Crippen molar-refractivity contribution in [3.63, 3.8) is 0 Å². The minimum absolute atomic E-state index is 0.263. The van der Waals surface area contributed by atoms with Crippen LogP contribution in [0.1, 0.15) is 40.5 Å². The fourth-order valence-electron chi connectivity index (χ4n) is 3.36. The van der Waals surface area contributed by atoms with Crippen molar-refractivity contribution in [2.45, 2.75) is 104 Å². The van der Waals surface area contributed by atoms with Crippen LogP contribution in [0.25, 0.3) is 0 Å². The molecule has 2 atom stereocenters. The molecule has 0 radical (unpaired) electrons. The molecule has 0 aromatic rings. The maximum atomic E-state index is 6.98. The molecule has 0 aromatic heterocycles. The molecule has 150 valence electrons. The molecule has 0 spiro atoms. The predicted octanol–water partition coefficient (Wildman–Crippen LogP) is 7.11. The van der Waals surface area contributed by atoms with Gasteiger partial charge in [0.05, 0.1) is 14.2 Å². The summed E-state index contributed by atoms with van der Waals surface area (Å²) in [6, 6.07) is 0. The molecule has 1 aliphatic carbocycles. The van der Waals surface area contributed by atoms with Gasteiger partial charge >= 0.3 is 0 Å². The Balaban J connectivity index is 3.18. The van der Waals surface area contributed by atoms with Gasteiger partial charge in [0.1, 0.15) is 8.07 Å². The molecule has 0 aliphatic heterocycles. The molecule has 0 aromatic carbocycles. The van der Waals surface area contributed by atoms with E-state index >= 15 is 0 Å². The van der Waals surface area contributed by atoms with E-state index in [-0.39, 0.29) is 5.04 Å². The number of rotatable bonds is 5. The highest BCUT2D eigenvalue weighted by atomic mass is 28.4. The minimum Gasteiger partial charge on any atom is -0.410 e. The molecule has 0 saturated heterocycles. The van der Waals surface area contributed by atoms with Crippen molar-refractivity contribution in [2.75, 3.05) is 0 Å². The van der Waals surface area contributed by atoms with Crippen molar-refractivity contribution in [3.8, 4) is 11.5 Å². The number of hydrogen-bond acceptors (Lipinski definition) is 1. The first-order valence-electron chi connectivity index (χ1n) is 10.4. The SMILES string of the molecule is CC(C)C(C)(C)[Si](C)(C)O[C@H]1CC[C@H](C#C[Si](C)(C)C)/C1=C/[Si](C)(C)C. The molecule has 1 rings (SSSR count). The van der Waals surface area contributed by atoms with Gasteiger partial charge in [0, 0.05) is 5.92 Å². The highest BCUT2D eigenvalue weighted by molar-refractivity contribution is 6.84. The van der Waals surface area contributed by atoms with Crippen LogP contribution in [0.3, 0.4) is 0 Å². The minimum atomic E-state index is -1.83. The molecule has 1 aliphatic rings. The van der Waals surface area contributed by atoms with Crippen LogP contribution in [0.4, 0.5) is 0 Å². The summed E-state index contributed by atoms with van der Waals surface area (Å²) in [5.41, 5.74) is 7.75. The Morgan fingerprint density at radius 3 is 1.96 bits per heavy atom. The van der Waals surface area contributed by atoms with E-state index < -0.39 is 24.5 Å². The maximum Gasteiger partial charge on any atom is 0.193 e. The van der Waals surface area contributed by atoms with Crippen LogP contribution in [0.2, 0.25) is 57.4 Å². The van der Waals surface area contributed by atoms with Gasteiger partial charge in [0.25, 0.3) is 0 Å². The van der Waals surface area contributed by atoms with Gasteiger partial charge in [-0.15, -0.1) is 11.5 Å². The van der Waals surface area contributed by atoms with Crippen molar-refractivity contribution in [2.24, 2.45) is 11.8 Å². The highest BCUT2D eigenvalue weighted by Gasteiger charge is 2.46. The molecule has 0 heterocycles. The second-order valence-electron chi connectivity index (χ2n) is 11.7. The monoisotopic (exact) mass is 408 g/mol. The van der Waals surface area contributed by atoms with E-state index in [4.69, 9.17) is 4.43 Å². The quantitative estimate of drug-likeness (QED) is 0.348. The second-order valence-corrected chi connectivity index (χ2v) is 26.0. The first kappa shape index (κ1) is 23.9.